The lowest BCUT2D eigenvalue weighted by Gasteiger charge is -2.13. The van der Waals surface area contributed by atoms with Crippen molar-refractivity contribution in [1.29, 1.82) is 0 Å². The van der Waals surface area contributed by atoms with Crippen LogP contribution in [-0.2, 0) is 19.5 Å². The van der Waals surface area contributed by atoms with Crippen molar-refractivity contribution in [3.8, 4) is 5.75 Å². The summed E-state index contributed by atoms with van der Waals surface area (Å²) < 4.78 is 19.2. The molecule has 0 atom stereocenters. The van der Waals surface area contributed by atoms with Gasteiger partial charge in [-0.3, -0.25) is 0 Å². The molecule has 0 bridgehead atoms. The number of aryl methyl sites for hydroxylation is 2. The van der Waals surface area contributed by atoms with Crippen molar-refractivity contribution < 1.29 is 13.9 Å². The van der Waals surface area contributed by atoms with Gasteiger partial charge in [0.25, 0.3) is 0 Å². The van der Waals surface area contributed by atoms with Crippen LogP contribution in [0.4, 0.5) is 4.39 Å². The van der Waals surface area contributed by atoms with Gasteiger partial charge in [0.15, 0.2) is 0 Å². The molecule has 3 rings (SSSR count). The molecule has 0 saturated carbocycles. The Morgan fingerprint density at radius 3 is 2.70 bits per heavy atom. The molecule has 1 aromatic heterocycles. The van der Waals surface area contributed by atoms with E-state index in [4.69, 9.17) is 16.0 Å². The standard InChI is InChI=1S/C21H21ClFNO3/c1-3-5-13-9-19(25)27-21-12(2)20(26)14(8-15(13)21)10-24-11-16-17(22)6-4-7-18(16)23/h4,6-9,24,26H,3,5,10-11H2,1-2H3. The van der Waals surface area contributed by atoms with E-state index in [2.05, 4.69) is 5.32 Å². The van der Waals surface area contributed by atoms with Crippen LogP contribution in [0.3, 0.4) is 0 Å². The first kappa shape index (κ1) is 19.4. The lowest BCUT2D eigenvalue weighted by molar-refractivity contribution is 0.457. The van der Waals surface area contributed by atoms with Crippen molar-refractivity contribution in [3.63, 3.8) is 0 Å². The zero-order chi connectivity index (χ0) is 19.6. The van der Waals surface area contributed by atoms with Crippen molar-refractivity contribution in [3.05, 3.63) is 73.8 Å². The maximum absolute atomic E-state index is 13.9. The predicted molar refractivity (Wildman–Crippen MR) is 105 cm³/mol. The number of halogens is 2. The van der Waals surface area contributed by atoms with Gasteiger partial charge in [0, 0.05) is 46.3 Å². The first-order chi connectivity index (χ1) is 12.9. The van der Waals surface area contributed by atoms with Crippen LogP contribution in [0.15, 0.2) is 39.5 Å². The van der Waals surface area contributed by atoms with E-state index in [0.29, 0.717) is 33.8 Å². The zero-order valence-corrected chi connectivity index (χ0v) is 16.0. The molecule has 0 aliphatic carbocycles. The Labute approximate surface area is 161 Å². The minimum Gasteiger partial charge on any atom is -0.507 e. The van der Waals surface area contributed by atoms with Crippen LogP contribution < -0.4 is 10.9 Å². The van der Waals surface area contributed by atoms with Gasteiger partial charge in [-0.25, -0.2) is 9.18 Å². The highest BCUT2D eigenvalue weighted by atomic mass is 35.5. The molecule has 0 fully saturated rings. The van der Waals surface area contributed by atoms with E-state index in [9.17, 15) is 14.3 Å². The summed E-state index contributed by atoms with van der Waals surface area (Å²) in [5, 5.41) is 14.8. The summed E-state index contributed by atoms with van der Waals surface area (Å²) in [6.45, 7) is 4.30. The van der Waals surface area contributed by atoms with Gasteiger partial charge >= 0.3 is 5.63 Å². The molecular weight excluding hydrogens is 369 g/mol. The topological polar surface area (TPSA) is 62.5 Å². The molecule has 1 heterocycles. The van der Waals surface area contributed by atoms with Crippen LogP contribution >= 0.6 is 11.6 Å². The number of hydrogen-bond acceptors (Lipinski definition) is 4. The van der Waals surface area contributed by atoms with Gasteiger partial charge in [-0.1, -0.05) is 31.0 Å². The molecule has 2 aromatic carbocycles. The molecule has 0 aliphatic heterocycles. The lowest BCUT2D eigenvalue weighted by atomic mass is 9.99. The number of benzene rings is 2. The number of rotatable bonds is 6. The quantitative estimate of drug-likeness (QED) is 0.592. The van der Waals surface area contributed by atoms with Crippen molar-refractivity contribution in [2.75, 3.05) is 0 Å². The summed E-state index contributed by atoms with van der Waals surface area (Å²) >= 11 is 6.04. The molecule has 3 aromatic rings. The Bertz CT molecular complexity index is 1030. The molecule has 0 aliphatic rings. The predicted octanol–water partition coefficient (Wildman–Crippen LogP) is 4.84. The molecule has 2 N–H and O–H groups in total. The van der Waals surface area contributed by atoms with E-state index < -0.39 is 5.63 Å². The summed E-state index contributed by atoms with van der Waals surface area (Å²) in [6.07, 6.45) is 1.63. The molecule has 0 radical (unpaired) electrons. The normalized spacial score (nSPS) is 11.3. The number of phenolic OH excluding ortho intramolecular Hbond substituents is 1. The van der Waals surface area contributed by atoms with E-state index in [0.717, 1.165) is 23.8 Å². The molecular formula is C21H21ClFNO3. The number of phenols is 1. The average molecular weight is 390 g/mol. The number of hydrogen-bond donors (Lipinski definition) is 2. The largest absolute Gasteiger partial charge is 0.507 e. The number of nitrogens with one attached hydrogen (secondary N) is 1. The smallest absolute Gasteiger partial charge is 0.336 e. The Balaban J connectivity index is 1.92. The fourth-order valence-electron chi connectivity index (χ4n) is 3.21. The highest BCUT2D eigenvalue weighted by Gasteiger charge is 2.15. The van der Waals surface area contributed by atoms with Gasteiger partial charge in [0.1, 0.15) is 17.1 Å². The van der Waals surface area contributed by atoms with Gasteiger partial charge < -0.3 is 14.8 Å². The van der Waals surface area contributed by atoms with Crippen molar-refractivity contribution in [2.45, 2.75) is 39.8 Å². The third-order valence-corrected chi connectivity index (χ3v) is 4.96. The van der Waals surface area contributed by atoms with Gasteiger partial charge in [-0.15, -0.1) is 0 Å². The van der Waals surface area contributed by atoms with Crippen molar-refractivity contribution in [1.82, 2.24) is 5.32 Å². The molecule has 6 heteroatoms. The summed E-state index contributed by atoms with van der Waals surface area (Å²) in [7, 11) is 0. The average Bonchev–Trinajstić information content (AvgIpc) is 2.62. The second-order valence-corrected chi connectivity index (χ2v) is 6.94. The van der Waals surface area contributed by atoms with Crippen LogP contribution in [0.1, 0.15) is 35.6 Å². The van der Waals surface area contributed by atoms with Gasteiger partial charge in [0.2, 0.25) is 0 Å². The Hall–Kier alpha value is -2.37. The number of aromatic hydroxyl groups is 1. The molecule has 0 amide bonds. The SMILES string of the molecule is CCCc1cc(=O)oc2c(C)c(O)c(CNCc3c(F)cccc3Cl)cc12. The summed E-state index contributed by atoms with van der Waals surface area (Å²) in [5.74, 6) is -0.313. The van der Waals surface area contributed by atoms with E-state index in [-0.39, 0.29) is 18.1 Å². The van der Waals surface area contributed by atoms with E-state index in [1.54, 1.807) is 19.1 Å². The van der Waals surface area contributed by atoms with Gasteiger partial charge in [-0.05, 0) is 37.1 Å². The summed E-state index contributed by atoms with van der Waals surface area (Å²) in [6, 6.07) is 7.88. The zero-order valence-electron chi connectivity index (χ0n) is 15.2. The fraction of sp³-hybridized carbons (Fsp3) is 0.286. The van der Waals surface area contributed by atoms with Crippen LogP contribution in [0.25, 0.3) is 11.0 Å². The second-order valence-electron chi connectivity index (χ2n) is 6.53. The fourth-order valence-corrected chi connectivity index (χ4v) is 3.44. The van der Waals surface area contributed by atoms with Crippen LogP contribution in [0, 0.1) is 12.7 Å². The molecule has 0 spiro atoms. The number of fused-ring (bicyclic) bond motifs is 1. The molecule has 27 heavy (non-hydrogen) atoms. The van der Waals surface area contributed by atoms with Gasteiger partial charge in [-0.2, -0.15) is 0 Å². The first-order valence-electron chi connectivity index (χ1n) is 8.84. The van der Waals surface area contributed by atoms with E-state index in [1.807, 2.05) is 13.0 Å². The third-order valence-electron chi connectivity index (χ3n) is 4.60. The minimum absolute atomic E-state index is 0.0615. The lowest BCUT2D eigenvalue weighted by Crippen LogP contribution is -2.15. The van der Waals surface area contributed by atoms with Crippen LogP contribution in [-0.4, -0.2) is 5.11 Å². The maximum Gasteiger partial charge on any atom is 0.336 e. The molecule has 4 nitrogen and oxygen atoms in total. The second kappa shape index (κ2) is 8.11. The summed E-state index contributed by atoms with van der Waals surface area (Å²) in [4.78, 5) is 11.8. The van der Waals surface area contributed by atoms with E-state index >= 15 is 0 Å². The highest BCUT2D eigenvalue weighted by Crippen LogP contribution is 2.32. The van der Waals surface area contributed by atoms with Crippen LogP contribution in [0.5, 0.6) is 5.75 Å². The van der Waals surface area contributed by atoms with E-state index in [1.165, 1.54) is 12.1 Å². The molecule has 142 valence electrons. The minimum atomic E-state index is -0.423. The van der Waals surface area contributed by atoms with Crippen molar-refractivity contribution in [2.24, 2.45) is 0 Å². The Morgan fingerprint density at radius 1 is 1.22 bits per heavy atom. The van der Waals surface area contributed by atoms with Crippen molar-refractivity contribution >= 4 is 22.6 Å². The summed E-state index contributed by atoms with van der Waals surface area (Å²) in [5.41, 5.74) is 2.43. The Kier molecular flexibility index (Phi) is 5.82. The van der Waals surface area contributed by atoms with Crippen LogP contribution in [0.2, 0.25) is 5.02 Å². The molecule has 0 unspecified atom stereocenters. The highest BCUT2D eigenvalue weighted by molar-refractivity contribution is 6.31. The van der Waals surface area contributed by atoms with Gasteiger partial charge in [0.05, 0.1) is 0 Å². The first-order valence-corrected chi connectivity index (χ1v) is 9.22. The Morgan fingerprint density at radius 2 is 2.00 bits per heavy atom. The monoisotopic (exact) mass is 389 g/mol. The maximum atomic E-state index is 13.9. The third kappa shape index (κ3) is 3.99. The molecule has 0 saturated heterocycles.